The third-order valence-corrected chi connectivity index (χ3v) is 3.60. The number of amides is 2. The molecule has 1 atom stereocenters. The number of hydrogen-bond acceptors (Lipinski definition) is 3. The molecule has 0 radical (unpaired) electrons. The molecule has 7 heteroatoms. The van der Waals surface area contributed by atoms with Crippen molar-refractivity contribution in [3.8, 4) is 0 Å². The number of carbonyl (C=O) groups is 2. The summed E-state index contributed by atoms with van der Waals surface area (Å²) in [4.78, 5) is 28.7. The first kappa shape index (κ1) is 13.4. The smallest absolute Gasteiger partial charge is 0.317 e. The van der Waals surface area contributed by atoms with Crippen LogP contribution in [0, 0.1) is 5.41 Å². The Balaban J connectivity index is 1.89. The standard InChI is InChI=1S/C12H18N4O3/c1-12(10(17)18)3-5-16(8-12)11(19)14-7-9-13-4-6-15(9)2/h4,6H,3,5,7-8H2,1-2H3,(H,14,19)(H,17,18). The summed E-state index contributed by atoms with van der Waals surface area (Å²) in [7, 11) is 1.85. The van der Waals surface area contributed by atoms with Crippen molar-refractivity contribution in [2.75, 3.05) is 13.1 Å². The van der Waals surface area contributed by atoms with Gasteiger partial charge in [0, 0.05) is 32.5 Å². The lowest BCUT2D eigenvalue weighted by molar-refractivity contribution is -0.146. The third kappa shape index (κ3) is 2.69. The average molecular weight is 266 g/mol. The van der Waals surface area contributed by atoms with Crippen molar-refractivity contribution in [2.24, 2.45) is 12.5 Å². The Hall–Kier alpha value is -2.05. The molecule has 1 aliphatic rings. The van der Waals surface area contributed by atoms with Crippen molar-refractivity contribution in [3.63, 3.8) is 0 Å². The number of imidazole rings is 1. The van der Waals surface area contributed by atoms with E-state index in [1.165, 1.54) is 4.90 Å². The van der Waals surface area contributed by atoms with Gasteiger partial charge >= 0.3 is 12.0 Å². The van der Waals surface area contributed by atoms with E-state index in [0.29, 0.717) is 19.5 Å². The highest BCUT2D eigenvalue weighted by atomic mass is 16.4. The minimum Gasteiger partial charge on any atom is -0.481 e. The number of nitrogens with one attached hydrogen (secondary N) is 1. The first-order chi connectivity index (χ1) is 8.92. The van der Waals surface area contributed by atoms with E-state index in [4.69, 9.17) is 5.11 Å². The monoisotopic (exact) mass is 266 g/mol. The Morgan fingerprint density at radius 3 is 2.84 bits per heavy atom. The number of carboxylic acids is 1. The van der Waals surface area contributed by atoms with Crippen LogP contribution in [0.25, 0.3) is 0 Å². The third-order valence-electron chi connectivity index (χ3n) is 3.60. The van der Waals surface area contributed by atoms with Crippen LogP contribution in [-0.4, -0.2) is 44.6 Å². The Bertz CT molecular complexity index is 499. The van der Waals surface area contributed by atoms with Crippen LogP contribution in [0.3, 0.4) is 0 Å². The maximum atomic E-state index is 11.9. The summed E-state index contributed by atoms with van der Waals surface area (Å²) in [5.41, 5.74) is -0.833. The number of aliphatic carboxylic acids is 1. The molecular weight excluding hydrogens is 248 g/mol. The molecule has 2 heterocycles. The van der Waals surface area contributed by atoms with Crippen LogP contribution in [-0.2, 0) is 18.4 Å². The summed E-state index contributed by atoms with van der Waals surface area (Å²) in [5, 5.41) is 11.9. The number of aryl methyl sites for hydroxylation is 1. The normalized spacial score (nSPS) is 22.5. The maximum absolute atomic E-state index is 11.9. The zero-order valence-corrected chi connectivity index (χ0v) is 11.1. The van der Waals surface area contributed by atoms with Crippen molar-refractivity contribution in [2.45, 2.75) is 19.9 Å². The van der Waals surface area contributed by atoms with Gasteiger partial charge in [-0.25, -0.2) is 9.78 Å². The van der Waals surface area contributed by atoms with Gasteiger partial charge in [-0.15, -0.1) is 0 Å². The largest absolute Gasteiger partial charge is 0.481 e. The highest BCUT2D eigenvalue weighted by Crippen LogP contribution is 2.29. The van der Waals surface area contributed by atoms with E-state index in [-0.39, 0.29) is 12.6 Å². The molecule has 19 heavy (non-hydrogen) atoms. The van der Waals surface area contributed by atoms with Gasteiger partial charge in [0.2, 0.25) is 0 Å². The summed E-state index contributed by atoms with van der Waals surface area (Å²) in [6, 6.07) is -0.243. The summed E-state index contributed by atoms with van der Waals surface area (Å²) >= 11 is 0. The molecule has 0 saturated carbocycles. The average Bonchev–Trinajstić information content (AvgIpc) is 2.94. The molecule has 2 rings (SSSR count). The fourth-order valence-corrected chi connectivity index (χ4v) is 2.14. The second-order valence-electron chi connectivity index (χ2n) is 5.15. The highest BCUT2D eigenvalue weighted by Gasteiger charge is 2.42. The number of carbonyl (C=O) groups excluding carboxylic acids is 1. The van der Waals surface area contributed by atoms with Crippen LogP contribution < -0.4 is 5.32 Å². The number of likely N-dealkylation sites (tertiary alicyclic amines) is 1. The van der Waals surface area contributed by atoms with Gasteiger partial charge < -0.3 is 19.9 Å². The molecule has 104 valence electrons. The van der Waals surface area contributed by atoms with Crippen molar-refractivity contribution >= 4 is 12.0 Å². The van der Waals surface area contributed by atoms with E-state index in [1.54, 1.807) is 19.3 Å². The molecule has 0 aliphatic carbocycles. The predicted octanol–water partition coefficient (Wildman–Crippen LogP) is 0.426. The topological polar surface area (TPSA) is 87.5 Å². The maximum Gasteiger partial charge on any atom is 0.317 e. The van der Waals surface area contributed by atoms with Crippen LogP contribution in [0.15, 0.2) is 12.4 Å². The summed E-state index contributed by atoms with van der Waals surface area (Å²) in [5.74, 6) is -0.0968. The van der Waals surface area contributed by atoms with E-state index >= 15 is 0 Å². The van der Waals surface area contributed by atoms with Crippen LogP contribution >= 0.6 is 0 Å². The molecule has 7 nitrogen and oxygen atoms in total. The van der Waals surface area contributed by atoms with Crippen LogP contribution in [0.2, 0.25) is 0 Å². The van der Waals surface area contributed by atoms with Crippen LogP contribution in [0.4, 0.5) is 4.79 Å². The lowest BCUT2D eigenvalue weighted by Crippen LogP contribution is -2.40. The van der Waals surface area contributed by atoms with Gasteiger partial charge in [-0.05, 0) is 13.3 Å². The fourth-order valence-electron chi connectivity index (χ4n) is 2.14. The van der Waals surface area contributed by atoms with Crippen molar-refractivity contribution in [3.05, 3.63) is 18.2 Å². The molecule has 1 aromatic rings. The minimum atomic E-state index is -0.855. The number of rotatable bonds is 3. The molecule has 0 bridgehead atoms. The molecular formula is C12H18N4O3. The second-order valence-corrected chi connectivity index (χ2v) is 5.15. The van der Waals surface area contributed by atoms with Crippen molar-refractivity contribution in [1.29, 1.82) is 0 Å². The fraction of sp³-hybridized carbons (Fsp3) is 0.583. The molecule has 2 amide bonds. The Morgan fingerprint density at radius 1 is 1.58 bits per heavy atom. The van der Waals surface area contributed by atoms with Gasteiger partial charge in [-0.1, -0.05) is 0 Å². The van der Waals surface area contributed by atoms with E-state index < -0.39 is 11.4 Å². The van der Waals surface area contributed by atoms with Gasteiger partial charge in [0.25, 0.3) is 0 Å². The lowest BCUT2D eigenvalue weighted by Gasteiger charge is -2.20. The second kappa shape index (κ2) is 4.91. The number of nitrogens with zero attached hydrogens (tertiary/aromatic N) is 3. The molecule has 1 saturated heterocycles. The van der Waals surface area contributed by atoms with Crippen molar-refractivity contribution in [1.82, 2.24) is 19.8 Å². The van der Waals surface area contributed by atoms with Crippen LogP contribution in [0.1, 0.15) is 19.2 Å². The molecule has 0 spiro atoms. The zero-order valence-electron chi connectivity index (χ0n) is 11.1. The SMILES string of the molecule is Cn1ccnc1CNC(=O)N1CCC(C)(C(=O)O)C1. The van der Waals surface area contributed by atoms with Gasteiger partial charge in [0.15, 0.2) is 0 Å². The number of aromatic nitrogens is 2. The molecule has 1 fully saturated rings. The Kier molecular flexibility index (Phi) is 3.46. The van der Waals surface area contributed by atoms with Gasteiger partial charge in [0.05, 0.1) is 12.0 Å². The predicted molar refractivity (Wildman–Crippen MR) is 67.4 cm³/mol. The quantitative estimate of drug-likeness (QED) is 0.830. The Labute approximate surface area is 111 Å². The van der Waals surface area contributed by atoms with Gasteiger partial charge in [-0.3, -0.25) is 4.79 Å². The van der Waals surface area contributed by atoms with Crippen LogP contribution in [0.5, 0.6) is 0 Å². The van der Waals surface area contributed by atoms with Gasteiger partial charge in [0.1, 0.15) is 5.82 Å². The zero-order chi connectivity index (χ0) is 14.0. The lowest BCUT2D eigenvalue weighted by atomic mass is 9.90. The van der Waals surface area contributed by atoms with Crippen molar-refractivity contribution < 1.29 is 14.7 Å². The van der Waals surface area contributed by atoms with E-state index in [2.05, 4.69) is 10.3 Å². The summed E-state index contributed by atoms with van der Waals surface area (Å²) in [6.07, 6.45) is 3.95. The highest BCUT2D eigenvalue weighted by molar-refractivity contribution is 5.79. The molecule has 0 aromatic carbocycles. The molecule has 1 unspecified atom stereocenters. The van der Waals surface area contributed by atoms with E-state index in [9.17, 15) is 9.59 Å². The minimum absolute atomic E-state index is 0.243. The Morgan fingerprint density at radius 2 is 2.32 bits per heavy atom. The number of hydrogen-bond donors (Lipinski definition) is 2. The number of urea groups is 1. The summed E-state index contributed by atoms with van der Waals surface area (Å²) in [6.45, 7) is 2.72. The van der Waals surface area contributed by atoms with Gasteiger partial charge in [-0.2, -0.15) is 0 Å². The first-order valence-electron chi connectivity index (χ1n) is 6.15. The van der Waals surface area contributed by atoms with E-state index in [1.807, 2.05) is 11.6 Å². The molecule has 2 N–H and O–H groups in total. The first-order valence-corrected chi connectivity index (χ1v) is 6.15. The number of carboxylic acid groups (broad SMARTS) is 1. The summed E-state index contributed by atoms with van der Waals surface area (Å²) < 4.78 is 1.83. The van der Waals surface area contributed by atoms with E-state index in [0.717, 1.165) is 5.82 Å². The molecule has 1 aromatic heterocycles. The molecule has 1 aliphatic heterocycles.